The monoisotopic (exact) mass is 1640 g/mol. The molecule has 0 fully saturated rings. The molecule has 0 amide bonds. The maximum atomic E-state index is 5.01. The van der Waals surface area contributed by atoms with Gasteiger partial charge in [-0.05, 0) is 150 Å². The Morgan fingerprint density at radius 2 is 0.397 bits per heavy atom. The Morgan fingerprint density at radius 3 is 0.865 bits per heavy atom. The lowest BCUT2D eigenvalue weighted by Crippen LogP contribution is -1.99. The minimum atomic E-state index is 0.659. The maximum absolute atomic E-state index is 5.01. The van der Waals surface area contributed by atoms with Crippen molar-refractivity contribution in [2.45, 2.75) is 0 Å². The van der Waals surface area contributed by atoms with Gasteiger partial charge in [-0.1, -0.05) is 297 Å². The molecule has 0 N–H and O–H groups in total. The van der Waals surface area contributed by atoms with Gasteiger partial charge >= 0.3 is 0 Å². The summed E-state index contributed by atoms with van der Waals surface area (Å²) < 4.78 is 14.5. The fraction of sp³-hybridized carbons (Fsp3) is 0. The summed E-state index contributed by atoms with van der Waals surface area (Å²) in [6, 6.07) is 152. The highest BCUT2D eigenvalue weighted by Gasteiger charge is 2.24. The zero-order chi connectivity index (χ0) is 82.9. The van der Waals surface area contributed by atoms with Crippen molar-refractivity contribution in [3.63, 3.8) is 0 Å². The summed E-state index contributed by atoms with van der Waals surface area (Å²) in [6.45, 7) is 0. The first-order valence-corrected chi connectivity index (χ1v) is 44.0. The van der Waals surface area contributed by atoms with Crippen LogP contribution in [0.4, 0.5) is 0 Å². The van der Waals surface area contributed by atoms with Crippen molar-refractivity contribution in [1.29, 1.82) is 0 Å². The van der Waals surface area contributed by atoms with Gasteiger partial charge in [-0.15, -0.1) is 22.7 Å². The molecule has 0 aliphatic heterocycles. The van der Waals surface area contributed by atoms with Gasteiger partial charge < -0.3 is 18.3 Å². The molecule has 10 nitrogen and oxygen atoms in total. The third kappa shape index (κ3) is 12.3. The van der Waals surface area contributed by atoms with Crippen molar-refractivity contribution in [3.05, 3.63) is 425 Å². The van der Waals surface area contributed by atoms with E-state index >= 15 is 0 Å². The summed E-state index contributed by atoms with van der Waals surface area (Å²) in [5.41, 5.74) is 24.6. The number of hydrogen-bond donors (Lipinski definition) is 0. The van der Waals surface area contributed by atoms with E-state index in [2.05, 4.69) is 322 Å². The summed E-state index contributed by atoms with van der Waals surface area (Å²) in [5, 5.41) is 14.9. The molecular formula is C114H70N10S2. The van der Waals surface area contributed by atoms with E-state index in [-0.39, 0.29) is 0 Å². The van der Waals surface area contributed by atoms with Gasteiger partial charge in [-0.3, -0.25) is 0 Å². The standard InChI is InChI=1S/2C57H35N5S/c1-4-14-36(15-5-1)55-58-56(37-16-6-2-7-17-37)60-57(59-55)40-24-28-45-48-33-39(26-31-53(48)63-54(45)34-40)38-25-29-51-46(32-38)43-20-10-13-23-50(43)62(51)42-27-30-52-47(35-42)44-21-11-12-22-49(44)61(52)41-18-8-3-9-19-41;1-4-14-36(15-5-1)55-58-56(37-16-6-2-7-17-37)60-57(59-55)40-26-30-48-47-29-25-39(33-53(47)63-54(48)34-40)38-24-28-45-43-20-11-13-23-50(43)62(51(45)32-38)42-27-31-46-44-21-10-12-22-49(44)61(52(46)35-42)41-18-8-3-9-19-41/h2*1-35H. The van der Waals surface area contributed by atoms with Crippen molar-refractivity contribution < 1.29 is 0 Å². The number of benzene rings is 18. The van der Waals surface area contributed by atoms with E-state index in [1.54, 1.807) is 11.3 Å². The van der Waals surface area contributed by atoms with Gasteiger partial charge in [0, 0.05) is 140 Å². The predicted molar refractivity (Wildman–Crippen MR) is 526 cm³/mol. The topological polar surface area (TPSA) is 97.1 Å². The lowest BCUT2D eigenvalue weighted by atomic mass is 10.0. The Labute approximate surface area is 731 Å². The molecule has 0 spiro atoms. The highest BCUT2D eigenvalue weighted by Crippen LogP contribution is 2.46. The van der Waals surface area contributed by atoms with Gasteiger partial charge in [0.15, 0.2) is 34.9 Å². The number of thiophene rings is 2. The van der Waals surface area contributed by atoms with Crippen molar-refractivity contribution in [2.75, 3.05) is 0 Å². The largest absolute Gasteiger partial charge is 0.309 e. The number of aromatic nitrogens is 10. The molecule has 0 atom stereocenters. The SMILES string of the molecule is c1ccc(-c2nc(-c3ccccc3)nc(-c3ccc4c(c3)sc3cc(-c5ccc6c7ccccc7n(-c7ccc8c9ccccc9n(-c9ccccc9)c8c7)c6c5)ccc34)n2)cc1.c1ccc(-c2nc(-c3ccccc3)nc(-c3ccc4c(c3)sc3ccc(-c5ccc6c(c5)c5ccccc5n6-c5ccc6c(c5)c5ccccc5n6-c5ccccc5)cc34)n2)cc1. The highest BCUT2D eigenvalue weighted by atomic mass is 32.1. The summed E-state index contributed by atoms with van der Waals surface area (Å²) in [7, 11) is 0. The van der Waals surface area contributed by atoms with E-state index in [4.69, 9.17) is 29.9 Å². The van der Waals surface area contributed by atoms with Crippen LogP contribution in [0.2, 0.25) is 0 Å². The Hall–Kier alpha value is -16.4. The van der Waals surface area contributed by atoms with Gasteiger partial charge in [0.1, 0.15) is 0 Å². The molecule has 12 heteroatoms. The maximum Gasteiger partial charge on any atom is 0.164 e. The van der Waals surface area contributed by atoms with Crippen LogP contribution in [-0.2, 0) is 0 Å². The van der Waals surface area contributed by atoms with Crippen LogP contribution in [0.3, 0.4) is 0 Å². The molecule has 18 aromatic carbocycles. The number of hydrogen-bond acceptors (Lipinski definition) is 8. The normalized spacial score (nSPS) is 11.8. The zero-order valence-electron chi connectivity index (χ0n) is 67.7. The molecule has 26 aromatic rings. The molecule has 0 aliphatic carbocycles. The van der Waals surface area contributed by atoms with Crippen LogP contribution >= 0.6 is 22.7 Å². The Kier molecular flexibility index (Phi) is 17.1. The summed E-state index contributed by atoms with van der Waals surface area (Å²) in [4.78, 5) is 29.8. The molecule has 126 heavy (non-hydrogen) atoms. The predicted octanol–water partition coefficient (Wildman–Crippen LogP) is 30.2. The van der Waals surface area contributed by atoms with Gasteiger partial charge in [0.05, 0.1) is 44.1 Å². The molecule has 8 heterocycles. The first kappa shape index (κ1) is 72.4. The zero-order valence-corrected chi connectivity index (χ0v) is 69.3. The molecule has 0 radical (unpaired) electrons. The average molecular weight is 1640 g/mol. The van der Waals surface area contributed by atoms with E-state index < -0.39 is 0 Å². The van der Waals surface area contributed by atoms with Crippen molar-refractivity contribution in [1.82, 2.24) is 48.2 Å². The van der Waals surface area contributed by atoms with Crippen LogP contribution in [0, 0.1) is 0 Å². The van der Waals surface area contributed by atoms with Gasteiger partial charge in [0.2, 0.25) is 0 Å². The molecule has 0 saturated carbocycles. The third-order valence-corrected chi connectivity index (χ3v) is 27.0. The van der Waals surface area contributed by atoms with Crippen molar-refractivity contribution in [3.8, 4) is 113 Å². The first-order chi connectivity index (χ1) is 62.4. The van der Waals surface area contributed by atoms with E-state index in [9.17, 15) is 0 Å². The van der Waals surface area contributed by atoms with E-state index in [1.165, 1.54) is 150 Å². The Balaban J connectivity index is 0.000000137. The fourth-order valence-corrected chi connectivity index (χ4v) is 21.1. The Morgan fingerprint density at radius 1 is 0.135 bits per heavy atom. The minimum Gasteiger partial charge on any atom is -0.309 e. The second-order valence-electron chi connectivity index (χ2n) is 32.1. The molecule has 0 aliphatic rings. The molecule has 0 unspecified atom stereocenters. The lowest BCUT2D eigenvalue weighted by molar-refractivity contribution is 1.07. The minimum absolute atomic E-state index is 0.659. The number of rotatable bonds is 12. The van der Waals surface area contributed by atoms with Crippen LogP contribution in [0.15, 0.2) is 425 Å². The van der Waals surface area contributed by atoms with Crippen LogP contribution in [0.1, 0.15) is 0 Å². The number of para-hydroxylation sites is 6. The van der Waals surface area contributed by atoms with Gasteiger partial charge in [-0.2, -0.15) is 0 Å². The van der Waals surface area contributed by atoms with E-state index in [0.717, 1.165) is 56.1 Å². The average Bonchev–Trinajstić information content (AvgIpc) is 1.57. The molecule has 588 valence electrons. The van der Waals surface area contributed by atoms with E-state index in [0.29, 0.717) is 34.9 Å². The molecule has 8 aromatic heterocycles. The molecular weight excluding hydrogens is 1570 g/mol. The molecule has 0 bridgehead atoms. The smallest absolute Gasteiger partial charge is 0.164 e. The fourth-order valence-electron chi connectivity index (χ4n) is 18.8. The summed E-state index contributed by atoms with van der Waals surface area (Å²) in [6.07, 6.45) is 0. The highest BCUT2D eigenvalue weighted by molar-refractivity contribution is 7.26. The molecule has 0 saturated heterocycles. The Bertz CT molecular complexity index is 8720. The number of nitrogens with zero attached hydrogens (tertiary/aromatic N) is 10. The van der Waals surface area contributed by atoms with Crippen LogP contribution in [0.25, 0.3) is 241 Å². The second-order valence-corrected chi connectivity index (χ2v) is 34.2. The second kappa shape index (κ2) is 29.8. The quantitative estimate of drug-likeness (QED) is 0.121. The van der Waals surface area contributed by atoms with Gasteiger partial charge in [-0.25, -0.2) is 29.9 Å². The van der Waals surface area contributed by atoms with Crippen molar-refractivity contribution >= 4 is 150 Å². The number of fused-ring (bicyclic) bond motifs is 18. The van der Waals surface area contributed by atoms with Crippen LogP contribution in [-0.4, -0.2) is 48.2 Å². The molecule has 26 rings (SSSR count). The first-order valence-electron chi connectivity index (χ1n) is 42.4. The van der Waals surface area contributed by atoms with E-state index in [1.807, 2.05) is 133 Å². The summed E-state index contributed by atoms with van der Waals surface area (Å²) in [5.74, 6) is 3.96. The lowest BCUT2D eigenvalue weighted by Gasteiger charge is -2.12. The third-order valence-electron chi connectivity index (χ3n) is 24.7. The van der Waals surface area contributed by atoms with Crippen molar-refractivity contribution in [2.24, 2.45) is 0 Å². The summed E-state index contributed by atoms with van der Waals surface area (Å²) >= 11 is 3.62. The van der Waals surface area contributed by atoms with Crippen LogP contribution < -0.4 is 0 Å². The van der Waals surface area contributed by atoms with Gasteiger partial charge in [0.25, 0.3) is 0 Å². The van der Waals surface area contributed by atoms with Crippen LogP contribution in [0.5, 0.6) is 0 Å².